The minimum Gasteiger partial charge on any atom is -0.387 e. The number of halogens is 1. The van der Waals surface area contributed by atoms with Crippen LogP contribution in [0.3, 0.4) is 0 Å². The molecule has 0 saturated heterocycles. The van der Waals surface area contributed by atoms with E-state index in [2.05, 4.69) is 15.9 Å². The second-order valence-corrected chi connectivity index (χ2v) is 5.62. The average molecular weight is 264 g/mol. The summed E-state index contributed by atoms with van der Waals surface area (Å²) in [6.45, 7) is 4.40. The molecule has 0 aliphatic heterocycles. The molecule has 0 aliphatic carbocycles. The van der Waals surface area contributed by atoms with Crippen molar-refractivity contribution in [3.8, 4) is 0 Å². The van der Waals surface area contributed by atoms with Gasteiger partial charge in [0, 0.05) is 26.7 Å². The third-order valence-electron chi connectivity index (χ3n) is 2.12. The van der Waals surface area contributed by atoms with Crippen LogP contribution in [0.1, 0.15) is 24.8 Å². The molecule has 0 spiro atoms. The lowest BCUT2D eigenvalue weighted by Crippen LogP contribution is -2.30. The van der Waals surface area contributed by atoms with Crippen LogP contribution in [0.15, 0.2) is 15.9 Å². The van der Waals surface area contributed by atoms with E-state index in [4.69, 9.17) is 5.73 Å². The Morgan fingerprint density at radius 3 is 2.69 bits per heavy atom. The third kappa shape index (κ3) is 2.53. The molecule has 1 aromatic heterocycles. The maximum Gasteiger partial charge on any atom is 0.0945 e. The molecule has 13 heavy (non-hydrogen) atoms. The van der Waals surface area contributed by atoms with Crippen LogP contribution in [0.25, 0.3) is 0 Å². The van der Waals surface area contributed by atoms with Crippen LogP contribution in [0.2, 0.25) is 0 Å². The quantitative estimate of drug-likeness (QED) is 0.881. The van der Waals surface area contributed by atoms with Gasteiger partial charge in [-0.3, -0.25) is 0 Å². The molecule has 0 bridgehead atoms. The first-order valence-electron chi connectivity index (χ1n) is 4.09. The standard InChI is InChI=1S/C9H14BrNOS/c1-9(2,5-11)8(12)7-3-6(10)4-13-7/h3-4,8,12H,5,11H2,1-2H3. The number of aliphatic hydroxyl groups excluding tert-OH is 1. The normalized spacial score (nSPS) is 14.5. The van der Waals surface area contributed by atoms with E-state index in [9.17, 15) is 5.11 Å². The van der Waals surface area contributed by atoms with E-state index >= 15 is 0 Å². The van der Waals surface area contributed by atoms with Crippen molar-refractivity contribution in [2.75, 3.05) is 6.54 Å². The Kier molecular flexibility index (Phi) is 3.51. The van der Waals surface area contributed by atoms with Crippen molar-refractivity contribution in [1.82, 2.24) is 0 Å². The van der Waals surface area contributed by atoms with Gasteiger partial charge in [-0.2, -0.15) is 0 Å². The summed E-state index contributed by atoms with van der Waals surface area (Å²) in [6, 6.07) is 1.94. The molecule has 1 atom stereocenters. The van der Waals surface area contributed by atoms with Crippen LogP contribution in [-0.2, 0) is 0 Å². The molecule has 0 radical (unpaired) electrons. The Labute approximate surface area is 90.9 Å². The highest BCUT2D eigenvalue weighted by Crippen LogP contribution is 2.36. The molecule has 0 aliphatic rings. The van der Waals surface area contributed by atoms with Crippen LogP contribution in [0.4, 0.5) is 0 Å². The lowest BCUT2D eigenvalue weighted by atomic mass is 9.86. The summed E-state index contributed by atoms with van der Waals surface area (Å²) >= 11 is 4.90. The fraction of sp³-hybridized carbons (Fsp3) is 0.556. The summed E-state index contributed by atoms with van der Waals surface area (Å²) in [5, 5.41) is 11.9. The number of thiophene rings is 1. The van der Waals surface area contributed by atoms with Gasteiger partial charge in [-0.25, -0.2) is 0 Å². The summed E-state index contributed by atoms with van der Waals surface area (Å²) < 4.78 is 1.01. The minimum absolute atomic E-state index is 0.260. The summed E-state index contributed by atoms with van der Waals surface area (Å²) in [5.74, 6) is 0. The molecule has 2 nitrogen and oxygen atoms in total. The van der Waals surface area contributed by atoms with Gasteiger partial charge < -0.3 is 10.8 Å². The highest BCUT2D eigenvalue weighted by atomic mass is 79.9. The number of hydrogen-bond donors (Lipinski definition) is 2. The van der Waals surface area contributed by atoms with Gasteiger partial charge in [-0.1, -0.05) is 13.8 Å². The van der Waals surface area contributed by atoms with E-state index in [-0.39, 0.29) is 5.41 Å². The first-order valence-corrected chi connectivity index (χ1v) is 5.76. The fourth-order valence-corrected chi connectivity index (χ4v) is 2.61. The number of nitrogens with two attached hydrogens (primary N) is 1. The summed E-state index contributed by atoms with van der Waals surface area (Å²) in [5.41, 5.74) is 5.32. The van der Waals surface area contributed by atoms with Crippen molar-refractivity contribution in [3.63, 3.8) is 0 Å². The Morgan fingerprint density at radius 1 is 1.69 bits per heavy atom. The fourth-order valence-electron chi connectivity index (χ4n) is 0.968. The molecule has 0 aromatic carbocycles. The molecule has 4 heteroatoms. The predicted octanol–water partition coefficient (Wildman–Crippen LogP) is 2.53. The molecule has 1 heterocycles. The maximum absolute atomic E-state index is 9.97. The van der Waals surface area contributed by atoms with Crippen molar-refractivity contribution < 1.29 is 5.11 Å². The highest BCUT2D eigenvalue weighted by Gasteiger charge is 2.28. The van der Waals surface area contributed by atoms with Crippen LogP contribution in [-0.4, -0.2) is 11.7 Å². The molecular formula is C9H14BrNOS. The van der Waals surface area contributed by atoms with Crippen molar-refractivity contribution in [2.24, 2.45) is 11.1 Å². The zero-order chi connectivity index (χ0) is 10.1. The van der Waals surface area contributed by atoms with Crippen molar-refractivity contribution in [1.29, 1.82) is 0 Å². The van der Waals surface area contributed by atoms with Crippen molar-refractivity contribution >= 4 is 27.3 Å². The molecule has 1 aromatic rings. The lowest BCUT2D eigenvalue weighted by Gasteiger charge is -2.27. The average Bonchev–Trinajstić information content (AvgIpc) is 2.50. The lowest BCUT2D eigenvalue weighted by molar-refractivity contribution is 0.0585. The van der Waals surface area contributed by atoms with Crippen LogP contribution in [0, 0.1) is 5.41 Å². The second kappa shape index (κ2) is 4.09. The zero-order valence-electron chi connectivity index (χ0n) is 7.75. The Balaban J connectivity index is 2.84. The zero-order valence-corrected chi connectivity index (χ0v) is 10.2. The van der Waals surface area contributed by atoms with Gasteiger partial charge in [-0.05, 0) is 22.0 Å². The Bertz CT molecular complexity index is 285. The Morgan fingerprint density at radius 2 is 2.31 bits per heavy atom. The maximum atomic E-state index is 9.97. The summed E-state index contributed by atoms with van der Waals surface area (Å²) in [4.78, 5) is 0.960. The molecule has 0 amide bonds. The van der Waals surface area contributed by atoms with Gasteiger partial charge in [0.25, 0.3) is 0 Å². The van der Waals surface area contributed by atoms with Gasteiger partial charge in [0.05, 0.1) is 6.10 Å². The highest BCUT2D eigenvalue weighted by molar-refractivity contribution is 9.10. The van der Waals surface area contributed by atoms with Crippen molar-refractivity contribution in [3.05, 3.63) is 20.8 Å². The van der Waals surface area contributed by atoms with Crippen LogP contribution >= 0.6 is 27.3 Å². The van der Waals surface area contributed by atoms with Crippen LogP contribution in [0.5, 0.6) is 0 Å². The van der Waals surface area contributed by atoms with E-state index in [1.54, 1.807) is 11.3 Å². The van der Waals surface area contributed by atoms with E-state index < -0.39 is 6.10 Å². The monoisotopic (exact) mass is 263 g/mol. The SMILES string of the molecule is CC(C)(CN)C(O)c1cc(Br)cs1. The summed E-state index contributed by atoms with van der Waals surface area (Å²) in [6.07, 6.45) is -0.478. The van der Waals surface area contributed by atoms with Gasteiger partial charge in [0.15, 0.2) is 0 Å². The second-order valence-electron chi connectivity index (χ2n) is 3.76. The Hall–Kier alpha value is 0.1000. The first-order chi connectivity index (χ1) is 5.97. The smallest absolute Gasteiger partial charge is 0.0945 e. The summed E-state index contributed by atoms with van der Waals surface area (Å²) in [7, 11) is 0. The van der Waals surface area contributed by atoms with Gasteiger partial charge in [0.1, 0.15) is 0 Å². The van der Waals surface area contributed by atoms with Crippen LogP contribution < -0.4 is 5.73 Å². The number of aliphatic hydroxyl groups is 1. The minimum atomic E-state index is -0.478. The number of hydrogen-bond acceptors (Lipinski definition) is 3. The molecule has 74 valence electrons. The number of rotatable bonds is 3. The predicted molar refractivity (Wildman–Crippen MR) is 59.8 cm³/mol. The van der Waals surface area contributed by atoms with Gasteiger partial charge in [0.2, 0.25) is 0 Å². The van der Waals surface area contributed by atoms with E-state index in [0.717, 1.165) is 9.35 Å². The topological polar surface area (TPSA) is 46.2 Å². The third-order valence-corrected chi connectivity index (χ3v) is 3.87. The van der Waals surface area contributed by atoms with Crippen molar-refractivity contribution in [2.45, 2.75) is 20.0 Å². The molecule has 0 fully saturated rings. The molecule has 1 rings (SSSR count). The molecule has 1 unspecified atom stereocenters. The molecule has 0 saturated carbocycles. The first kappa shape index (κ1) is 11.2. The van der Waals surface area contributed by atoms with E-state index in [1.807, 2.05) is 25.3 Å². The van der Waals surface area contributed by atoms with E-state index in [1.165, 1.54) is 0 Å². The molecular weight excluding hydrogens is 250 g/mol. The van der Waals surface area contributed by atoms with Gasteiger partial charge in [-0.15, -0.1) is 11.3 Å². The van der Waals surface area contributed by atoms with Gasteiger partial charge >= 0.3 is 0 Å². The molecule has 3 N–H and O–H groups in total. The largest absolute Gasteiger partial charge is 0.387 e. The van der Waals surface area contributed by atoms with E-state index in [0.29, 0.717) is 6.54 Å².